The minimum atomic E-state index is -0.320. The lowest BCUT2D eigenvalue weighted by atomic mass is 10.0. The van der Waals surface area contributed by atoms with E-state index in [-0.39, 0.29) is 22.6 Å². The van der Waals surface area contributed by atoms with Crippen LogP contribution in [0.4, 0.5) is 0 Å². The van der Waals surface area contributed by atoms with Gasteiger partial charge in [0.25, 0.3) is 0 Å². The molecule has 0 aliphatic carbocycles. The van der Waals surface area contributed by atoms with Gasteiger partial charge in [0.05, 0.1) is 4.75 Å². The molecule has 0 aromatic carbocycles. The lowest BCUT2D eigenvalue weighted by Gasteiger charge is -2.37. The van der Waals surface area contributed by atoms with Gasteiger partial charge in [0.15, 0.2) is 0 Å². The summed E-state index contributed by atoms with van der Waals surface area (Å²) >= 11 is 1.73. The van der Waals surface area contributed by atoms with Gasteiger partial charge in [-0.1, -0.05) is 0 Å². The molecule has 2 aliphatic heterocycles. The van der Waals surface area contributed by atoms with Crippen molar-refractivity contribution in [3.63, 3.8) is 0 Å². The minimum absolute atomic E-state index is 0.0359. The maximum atomic E-state index is 12.4. The van der Waals surface area contributed by atoms with Crippen LogP contribution >= 0.6 is 11.8 Å². The van der Waals surface area contributed by atoms with Crippen LogP contribution in [0.5, 0.6) is 0 Å². The van der Waals surface area contributed by atoms with Gasteiger partial charge in [0, 0.05) is 13.1 Å². The van der Waals surface area contributed by atoms with Crippen molar-refractivity contribution in [2.45, 2.75) is 37.5 Å². The molecule has 0 aromatic rings. The smallest absolute Gasteiger partial charge is 0.242 e. The zero-order valence-corrected chi connectivity index (χ0v) is 10.6. The first-order valence-electron chi connectivity index (χ1n) is 5.77. The average molecular weight is 242 g/mol. The third kappa shape index (κ3) is 1.93. The number of carbonyl (C=O) groups excluding carboxylic acids is 2. The van der Waals surface area contributed by atoms with Crippen molar-refractivity contribution in [3.05, 3.63) is 0 Å². The molecule has 2 heterocycles. The maximum Gasteiger partial charge on any atom is 0.242 e. The Balaban J connectivity index is 2.11. The van der Waals surface area contributed by atoms with Crippen LogP contribution in [-0.2, 0) is 9.59 Å². The highest BCUT2D eigenvalue weighted by Crippen LogP contribution is 2.39. The lowest BCUT2D eigenvalue weighted by molar-refractivity contribution is -0.144. The van der Waals surface area contributed by atoms with E-state index in [2.05, 4.69) is 5.32 Å². The van der Waals surface area contributed by atoms with Crippen molar-refractivity contribution in [2.75, 3.05) is 18.8 Å². The second kappa shape index (κ2) is 4.28. The first-order valence-corrected chi connectivity index (χ1v) is 6.76. The largest absolute Gasteiger partial charge is 0.353 e. The molecule has 2 aliphatic rings. The van der Waals surface area contributed by atoms with Crippen molar-refractivity contribution in [3.8, 4) is 0 Å². The van der Waals surface area contributed by atoms with E-state index in [1.165, 1.54) is 0 Å². The number of rotatable bonds is 1. The summed E-state index contributed by atoms with van der Waals surface area (Å²) in [6.07, 6.45) is 2.03. The Morgan fingerprint density at radius 1 is 1.62 bits per heavy atom. The van der Waals surface area contributed by atoms with E-state index in [0.29, 0.717) is 13.1 Å². The number of piperazine rings is 1. The quantitative estimate of drug-likeness (QED) is 0.733. The predicted molar refractivity (Wildman–Crippen MR) is 64.3 cm³/mol. The number of thioether (sulfide) groups is 1. The number of hydrogen-bond donors (Lipinski definition) is 1. The number of amides is 2. The highest BCUT2D eigenvalue weighted by Gasteiger charge is 2.43. The molecule has 5 heteroatoms. The van der Waals surface area contributed by atoms with E-state index in [1.54, 1.807) is 23.6 Å². The van der Waals surface area contributed by atoms with Crippen molar-refractivity contribution < 1.29 is 9.59 Å². The van der Waals surface area contributed by atoms with Gasteiger partial charge in [-0.3, -0.25) is 9.59 Å². The average Bonchev–Trinajstić information content (AvgIpc) is 2.70. The fourth-order valence-electron chi connectivity index (χ4n) is 2.31. The van der Waals surface area contributed by atoms with Crippen LogP contribution in [0.15, 0.2) is 0 Å². The molecule has 2 unspecified atom stereocenters. The Morgan fingerprint density at radius 3 is 3.00 bits per heavy atom. The number of nitrogens with one attached hydrogen (secondary N) is 1. The summed E-state index contributed by atoms with van der Waals surface area (Å²) in [6.45, 7) is 5.03. The summed E-state index contributed by atoms with van der Waals surface area (Å²) < 4.78 is -0.300. The first kappa shape index (κ1) is 11.8. The molecule has 2 saturated heterocycles. The van der Waals surface area contributed by atoms with Gasteiger partial charge in [-0.05, 0) is 32.4 Å². The molecule has 2 atom stereocenters. The third-order valence-electron chi connectivity index (χ3n) is 3.43. The van der Waals surface area contributed by atoms with E-state index < -0.39 is 0 Å². The zero-order valence-electron chi connectivity index (χ0n) is 9.78. The summed E-state index contributed by atoms with van der Waals surface area (Å²) in [5.74, 6) is 1.15. The highest BCUT2D eigenvalue weighted by atomic mass is 32.2. The second-order valence-electron chi connectivity index (χ2n) is 4.65. The van der Waals surface area contributed by atoms with Crippen molar-refractivity contribution >= 4 is 23.6 Å². The van der Waals surface area contributed by atoms with E-state index in [4.69, 9.17) is 0 Å². The highest BCUT2D eigenvalue weighted by molar-refractivity contribution is 8.01. The Kier molecular flexibility index (Phi) is 3.15. The molecular weight excluding hydrogens is 224 g/mol. The normalized spacial score (nSPS) is 35.0. The van der Waals surface area contributed by atoms with Gasteiger partial charge in [0.1, 0.15) is 6.04 Å². The van der Waals surface area contributed by atoms with Gasteiger partial charge in [-0.2, -0.15) is 0 Å². The molecule has 4 nitrogen and oxygen atoms in total. The summed E-state index contributed by atoms with van der Waals surface area (Å²) in [4.78, 5) is 25.7. The molecule has 0 radical (unpaired) electrons. The molecular formula is C11H18N2O2S. The number of carbonyl (C=O) groups is 2. The minimum Gasteiger partial charge on any atom is -0.353 e. The molecule has 90 valence electrons. The predicted octanol–water partition coefficient (Wildman–Crippen LogP) is 0.619. The molecule has 16 heavy (non-hydrogen) atoms. The molecule has 0 saturated carbocycles. The van der Waals surface area contributed by atoms with Gasteiger partial charge < -0.3 is 10.2 Å². The van der Waals surface area contributed by atoms with Gasteiger partial charge >= 0.3 is 0 Å². The lowest BCUT2D eigenvalue weighted by Crippen LogP contribution is -2.59. The van der Waals surface area contributed by atoms with E-state index in [1.807, 2.05) is 6.92 Å². The molecule has 2 amide bonds. The fourth-order valence-corrected chi connectivity index (χ4v) is 3.58. The van der Waals surface area contributed by atoms with Crippen molar-refractivity contribution in [2.24, 2.45) is 0 Å². The standard InChI is InChI=1S/C11H18N2O2S/c1-8-9(14)12-5-6-13(8)10(15)11(2)4-3-7-16-11/h8H,3-7H2,1-2H3,(H,12,14). The number of hydrogen-bond acceptors (Lipinski definition) is 3. The summed E-state index contributed by atoms with van der Waals surface area (Å²) in [5.41, 5.74) is 0. The van der Waals surface area contributed by atoms with Crippen molar-refractivity contribution in [1.82, 2.24) is 10.2 Å². The van der Waals surface area contributed by atoms with Crippen LogP contribution in [-0.4, -0.2) is 46.3 Å². The van der Waals surface area contributed by atoms with Crippen LogP contribution in [0.1, 0.15) is 26.7 Å². The second-order valence-corrected chi connectivity index (χ2v) is 6.25. The van der Waals surface area contributed by atoms with Gasteiger partial charge in [-0.15, -0.1) is 11.8 Å². The molecule has 2 rings (SSSR count). The van der Waals surface area contributed by atoms with Crippen molar-refractivity contribution in [1.29, 1.82) is 0 Å². The van der Waals surface area contributed by atoms with Gasteiger partial charge in [-0.25, -0.2) is 0 Å². The summed E-state index contributed by atoms with van der Waals surface area (Å²) in [6, 6.07) is -0.320. The first-order chi connectivity index (χ1) is 7.54. The number of nitrogens with zero attached hydrogens (tertiary/aromatic N) is 1. The molecule has 0 spiro atoms. The monoisotopic (exact) mass is 242 g/mol. The summed E-state index contributed by atoms with van der Waals surface area (Å²) in [5, 5.41) is 2.78. The van der Waals surface area contributed by atoms with Crippen LogP contribution in [0.25, 0.3) is 0 Å². The zero-order chi connectivity index (χ0) is 11.8. The maximum absolute atomic E-state index is 12.4. The molecule has 0 aromatic heterocycles. The Labute approximate surface area is 100 Å². The SMILES string of the molecule is CC1C(=O)NCCN1C(=O)C1(C)CCCS1. The van der Waals surface area contributed by atoms with Crippen LogP contribution in [0.2, 0.25) is 0 Å². The van der Waals surface area contributed by atoms with E-state index in [9.17, 15) is 9.59 Å². The van der Waals surface area contributed by atoms with E-state index in [0.717, 1.165) is 18.6 Å². The van der Waals surface area contributed by atoms with Crippen LogP contribution in [0, 0.1) is 0 Å². The van der Waals surface area contributed by atoms with Gasteiger partial charge in [0.2, 0.25) is 11.8 Å². The van der Waals surface area contributed by atoms with E-state index >= 15 is 0 Å². The fraction of sp³-hybridized carbons (Fsp3) is 0.818. The topological polar surface area (TPSA) is 49.4 Å². The molecule has 0 bridgehead atoms. The summed E-state index contributed by atoms with van der Waals surface area (Å²) in [7, 11) is 0. The van der Waals surface area contributed by atoms with Crippen LogP contribution < -0.4 is 5.32 Å². The Hall–Kier alpha value is -0.710. The van der Waals surface area contributed by atoms with Crippen LogP contribution in [0.3, 0.4) is 0 Å². The Morgan fingerprint density at radius 2 is 2.38 bits per heavy atom. The Bertz CT molecular complexity index is 313. The molecule has 2 fully saturated rings. The molecule has 1 N–H and O–H groups in total. The third-order valence-corrected chi connectivity index (χ3v) is 4.94.